The van der Waals surface area contributed by atoms with Gasteiger partial charge in [0.1, 0.15) is 6.54 Å². The normalized spacial score (nSPS) is 16.5. The molecule has 2 amide bonds. The molecule has 0 unspecified atom stereocenters. The van der Waals surface area contributed by atoms with Crippen LogP contribution < -0.4 is 10.6 Å². The van der Waals surface area contributed by atoms with Gasteiger partial charge >= 0.3 is 6.18 Å². The molecule has 0 atom stereocenters. The van der Waals surface area contributed by atoms with Crippen LogP contribution in [0.3, 0.4) is 0 Å². The molecule has 1 rings (SSSR count). The first-order valence-corrected chi connectivity index (χ1v) is 5.70. The monoisotopic (exact) mass is 267 g/mol. The minimum atomic E-state index is -4.42. The maximum absolute atomic E-state index is 11.8. The molecule has 0 spiro atoms. The van der Waals surface area contributed by atoms with Gasteiger partial charge in [0.2, 0.25) is 11.8 Å². The first-order valence-electron chi connectivity index (χ1n) is 5.70. The molecule has 2 N–H and O–H groups in total. The lowest BCUT2D eigenvalue weighted by Crippen LogP contribution is -2.46. The molecule has 0 aromatic carbocycles. The second-order valence-electron chi connectivity index (χ2n) is 4.02. The molecule has 0 radical (unpaired) electrons. The molecule has 0 aromatic rings. The van der Waals surface area contributed by atoms with Gasteiger partial charge in [0.15, 0.2) is 0 Å². The summed E-state index contributed by atoms with van der Waals surface area (Å²) in [5, 5.41) is 4.81. The molecule has 1 saturated heterocycles. The minimum Gasteiger partial charge on any atom is -0.347 e. The lowest BCUT2D eigenvalue weighted by Gasteiger charge is -2.27. The van der Waals surface area contributed by atoms with Crippen LogP contribution in [0.15, 0.2) is 0 Å². The highest BCUT2D eigenvalue weighted by atomic mass is 19.4. The number of nitrogens with one attached hydrogen (secondary N) is 2. The third kappa shape index (κ3) is 5.85. The van der Waals surface area contributed by atoms with Crippen molar-refractivity contribution in [1.82, 2.24) is 15.5 Å². The van der Waals surface area contributed by atoms with Crippen LogP contribution in [0, 0.1) is 0 Å². The van der Waals surface area contributed by atoms with Crippen LogP contribution in [0.2, 0.25) is 0 Å². The van der Waals surface area contributed by atoms with Gasteiger partial charge in [0, 0.05) is 39.0 Å². The second kappa shape index (κ2) is 6.58. The molecule has 5 nitrogen and oxygen atoms in total. The number of piperazine rings is 1. The van der Waals surface area contributed by atoms with Crippen molar-refractivity contribution in [3.63, 3.8) is 0 Å². The van der Waals surface area contributed by atoms with Gasteiger partial charge in [-0.15, -0.1) is 0 Å². The number of halogens is 3. The minimum absolute atomic E-state index is 0.0519. The summed E-state index contributed by atoms with van der Waals surface area (Å²) in [6, 6.07) is 0. The Labute approximate surface area is 103 Å². The summed E-state index contributed by atoms with van der Waals surface area (Å²) in [5.74, 6) is -0.950. The van der Waals surface area contributed by atoms with Gasteiger partial charge in [-0.1, -0.05) is 0 Å². The molecule has 18 heavy (non-hydrogen) atoms. The average molecular weight is 267 g/mol. The Morgan fingerprint density at radius 2 is 1.78 bits per heavy atom. The summed E-state index contributed by atoms with van der Waals surface area (Å²) >= 11 is 0. The SMILES string of the molecule is O=C(CCC(=O)N1CCNCC1)NCC(F)(F)F. The van der Waals surface area contributed by atoms with E-state index in [-0.39, 0.29) is 18.7 Å². The van der Waals surface area contributed by atoms with Crippen LogP contribution in [0.5, 0.6) is 0 Å². The van der Waals surface area contributed by atoms with Gasteiger partial charge in [0.25, 0.3) is 0 Å². The zero-order valence-electron chi connectivity index (χ0n) is 9.85. The summed E-state index contributed by atoms with van der Waals surface area (Å²) in [7, 11) is 0. The van der Waals surface area contributed by atoms with Crippen LogP contribution in [-0.2, 0) is 9.59 Å². The van der Waals surface area contributed by atoms with Crippen molar-refractivity contribution in [2.24, 2.45) is 0 Å². The highest BCUT2D eigenvalue weighted by Gasteiger charge is 2.27. The van der Waals surface area contributed by atoms with Crippen molar-refractivity contribution in [2.75, 3.05) is 32.7 Å². The average Bonchev–Trinajstić information content (AvgIpc) is 2.33. The molecule has 1 fully saturated rings. The van der Waals surface area contributed by atoms with E-state index in [0.717, 1.165) is 0 Å². The zero-order valence-corrected chi connectivity index (χ0v) is 9.85. The lowest BCUT2D eigenvalue weighted by atomic mass is 10.2. The molecule has 8 heteroatoms. The van der Waals surface area contributed by atoms with Crippen molar-refractivity contribution in [1.29, 1.82) is 0 Å². The number of carbonyl (C=O) groups excluding carboxylic acids is 2. The number of rotatable bonds is 4. The van der Waals surface area contributed by atoms with Gasteiger partial charge < -0.3 is 15.5 Å². The third-order valence-electron chi connectivity index (χ3n) is 2.52. The second-order valence-corrected chi connectivity index (χ2v) is 4.02. The number of carbonyl (C=O) groups is 2. The van der Waals surface area contributed by atoms with E-state index in [1.165, 1.54) is 0 Å². The quantitative estimate of drug-likeness (QED) is 0.746. The summed E-state index contributed by atoms with van der Waals surface area (Å²) < 4.78 is 35.4. The highest BCUT2D eigenvalue weighted by molar-refractivity contribution is 5.83. The van der Waals surface area contributed by atoms with Crippen molar-refractivity contribution < 1.29 is 22.8 Å². The van der Waals surface area contributed by atoms with Crippen molar-refractivity contribution in [2.45, 2.75) is 19.0 Å². The fourth-order valence-corrected chi connectivity index (χ4v) is 1.58. The Kier molecular flexibility index (Phi) is 5.39. The van der Waals surface area contributed by atoms with E-state index in [4.69, 9.17) is 0 Å². The topological polar surface area (TPSA) is 61.4 Å². The number of alkyl halides is 3. The fraction of sp³-hybridized carbons (Fsp3) is 0.800. The van der Waals surface area contributed by atoms with Crippen molar-refractivity contribution >= 4 is 11.8 Å². The Bertz CT molecular complexity index is 301. The van der Waals surface area contributed by atoms with E-state index in [0.29, 0.717) is 26.2 Å². The molecular formula is C10H16F3N3O2. The molecule has 0 aliphatic carbocycles. The Hall–Kier alpha value is -1.31. The predicted octanol–water partition coefficient (Wildman–Crippen LogP) is -0.123. The van der Waals surface area contributed by atoms with E-state index in [1.807, 2.05) is 0 Å². The van der Waals surface area contributed by atoms with E-state index in [1.54, 1.807) is 10.2 Å². The molecule has 104 valence electrons. The van der Waals surface area contributed by atoms with Crippen LogP contribution in [-0.4, -0.2) is 55.6 Å². The Morgan fingerprint density at radius 1 is 1.17 bits per heavy atom. The van der Waals surface area contributed by atoms with Crippen LogP contribution >= 0.6 is 0 Å². The van der Waals surface area contributed by atoms with Crippen LogP contribution in [0.4, 0.5) is 13.2 Å². The van der Waals surface area contributed by atoms with E-state index in [2.05, 4.69) is 5.32 Å². The van der Waals surface area contributed by atoms with Crippen molar-refractivity contribution in [3.8, 4) is 0 Å². The summed E-state index contributed by atoms with van der Waals surface area (Å²) in [6.07, 6.45) is -4.68. The first-order chi connectivity index (χ1) is 8.38. The van der Waals surface area contributed by atoms with Gasteiger partial charge in [-0.2, -0.15) is 13.2 Å². The van der Waals surface area contributed by atoms with Gasteiger partial charge in [-0.25, -0.2) is 0 Å². The number of hydrogen-bond acceptors (Lipinski definition) is 3. The molecular weight excluding hydrogens is 251 g/mol. The predicted molar refractivity (Wildman–Crippen MR) is 57.7 cm³/mol. The maximum Gasteiger partial charge on any atom is 0.405 e. The van der Waals surface area contributed by atoms with Gasteiger partial charge in [0.05, 0.1) is 0 Å². The summed E-state index contributed by atoms with van der Waals surface area (Å²) in [4.78, 5) is 24.3. The number of nitrogens with zero attached hydrogens (tertiary/aromatic N) is 1. The summed E-state index contributed by atoms with van der Waals surface area (Å²) in [5.41, 5.74) is 0. The van der Waals surface area contributed by atoms with E-state index in [9.17, 15) is 22.8 Å². The van der Waals surface area contributed by atoms with Gasteiger partial charge in [-0.05, 0) is 0 Å². The smallest absolute Gasteiger partial charge is 0.347 e. The Balaban J connectivity index is 2.19. The highest BCUT2D eigenvalue weighted by Crippen LogP contribution is 2.12. The van der Waals surface area contributed by atoms with Crippen LogP contribution in [0.25, 0.3) is 0 Å². The molecule has 1 heterocycles. The largest absolute Gasteiger partial charge is 0.405 e. The van der Waals surface area contributed by atoms with Crippen molar-refractivity contribution in [3.05, 3.63) is 0 Å². The van der Waals surface area contributed by atoms with Crippen LogP contribution in [0.1, 0.15) is 12.8 Å². The molecule has 0 bridgehead atoms. The van der Waals surface area contributed by atoms with E-state index < -0.39 is 18.6 Å². The molecule has 0 saturated carbocycles. The van der Waals surface area contributed by atoms with Gasteiger partial charge in [-0.3, -0.25) is 9.59 Å². The first kappa shape index (κ1) is 14.7. The standard InChI is InChI=1S/C10H16F3N3O2/c11-10(12,13)7-15-8(17)1-2-9(18)16-5-3-14-4-6-16/h14H,1-7H2,(H,15,17). The Morgan fingerprint density at radius 3 is 2.33 bits per heavy atom. The lowest BCUT2D eigenvalue weighted by molar-refractivity contribution is -0.140. The zero-order chi connectivity index (χ0) is 13.6. The molecule has 0 aromatic heterocycles. The number of amides is 2. The maximum atomic E-state index is 11.8. The van der Waals surface area contributed by atoms with E-state index >= 15 is 0 Å². The molecule has 1 aliphatic rings. The number of hydrogen-bond donors (Lipinski definition) is 2. The summed E-state index contributed by atoms with van der Waals surface area (Å²) in [6.45, 7) is 1.19. The fourth-order valence-electron chi connectivity index (χ4n) is 1.58. The third-order valence-corrected chi connectivity index (χ3v) is 2.52. The molecule has 1 aliphatic heterocycles.